The van der Waals surface area contributed by atoms with Crippen molar-refractivity contribution >= 4 is 0 Å². The van der Waals surface area contributed by atoms with Gasteiger partial charge in [-0.05, 0) is 24.6 Å². The number of pyridine rings is 1. The molecule has 16 heavy (non-hydrogen) atoms. The molecule has 0 saturated heterocycles. The highest BCUT2D eigenvalue weighted by Crippen LogP contribution is 2.20. The van der Waals surface area contributed by atoms with Gasteiger partial charge in [0, 0.05) is 19.4 Å². The first-order chi connectivity index (χ1) is 7.72. The van der Waals surface area contributed by atoms with E-state index in [0.717, 1.165) is 17.0 Å². The van der Waals surface area contributed by atoms with Gasteiger partial charge in [-0.1, -0.05) is 6.07 Å². The second-order valence-corrected chi connectivity index (χ2v) is 3.72. The first kappa shape index (κ1) is 10.8. The van der Waals surface area contributed by atoms with Crippen LogP contribution in [0.25, 0.3) is 0 Å². The molecule has 0 aliphatic heterocycles. The van der Waals surface area contributed by atoms with E-state index in [0.29, 0.717) is 0 Å². The van der Waals surface area contributed by atoms with E-state index in [-0.39, 0.29) is 6.04 Å². The molecular formula is C11H15N5. The van der Waals surface area contributed by atoms with Gasteiger partial charge in [-0.15, -0.1) is 0 Å². The fourth-order valence-corrected chi connectivity index (χ4v) is 1.80. The van der Waals surface area contributed by atoms with Crippen LogP contribution in [-0.4, -0.2) is 14.8 Å². The van der Waals surface area contributed by atoms with E-state index in [2.05, 4.69) is 15.5 Å². The Labute approximate surface area is 94.3 Å². The molecule has 0 saturated carbocycles. The van der Waals surface area contributed by atoms with Crippen LogP contribution in [0.4, 0.5) is 0 Å². The number of aromatic nitrogens is 3. The number of hydrazine groups is 1. The first-order valence-corrected chi connectivity index (χ1v) is 5.09. The van der Waals surface area contributed by atoms with Crippen LogP contribution in [0.2, 0.25) is 0 Å². The van der Waals surface area contributed by atoms with Gasteiger partial charge in [0.25, 0.3) is 0 Å². The SMILES string of the molecule is Cc1cc(C(NN)c2cccnc2)n(C)n1. The van der Waals surface area contributed by atoms with Gasteiger partial charge in [0.15, 0.2) is 0 Å². The molecule has 0 radical (unpaired) electrons. The number of nitrogens with zero attached hydrogens (tertiary/aromatic N) is 3. The molecule has 0 spiro atoms. The van der Waals surface area contributed by atoms with Crippen LogP contribution in [0.3, 0.4) is 0 Å². The lowest BCUT2D eigenvalue weighted by atomic mass is 10.1. The standard InChI is InChI=1S/C11H15N5/c1-8-6-10(16(2)15-8)11(14-12)9-4-3-5-13-7-9/h3-7,11,14H,12H2,1-2H3. The third-order valence-corrected chi connectivity index (χ3v) is 2.52. The van der Waals surface area contributed by atoms with Crippen molar-refractivity contribution in [3.63, 3.8) is 0 Å². The van der Waals surface area contributed by atoms with E-state index in [4.69, 9.17) is 5.84 Å². The Morgan fingerprint density at radius 1 is 1.50 bits per heavy atom. The minimum absolute atomic E-state index is 0.0834. The largest absolute Gasteiger partial charge is 0.271 e. The maximum Gasteiger partial charge on any atom is 0.0893 e. The molecule has 2 aromatic heterocycles. The van der Waals surface area contributed by atoms with Crippen LogP contribution in [0.15, 0.2) is 30.6 Å². The Hall–Kier alpha value is -1.72. The van der Waals surface area contributed by atoms with Crippen LogP contribution in [0.1, 0.15) is 23.0 Å². The lowest BCUT2D eigenvalue weighted by Gasteiger charge is -2.15. The summed E-state index contributed by atoms with van der Waals surface area (Å²) >= 11 is 0. The van der Waals surface area contributed by atoms with Gasteiger partial charge in [0.1, 0.15) is 0 Å². The maximum absolute atomic E-state index is 5.60. The molecule has 5 heteroatoms. The fraction of sp³-hybridized carbons (Fsp3) is 0.273. The molecule has 0 aliphatic carbocycles. The quantitative estimate of drug-likeness (QED) is 0.586. The molecule has 1 unspecified atom stereocenters. The normalized spacial score (nSPS) is 12.7. The molecule has 5 nitrogen and oxygen atoms in total. The van der Waals surface area contributed by atoms with Crippen molar-refractivity contribution in [3.8, 4) is 0 Å². The van der Waals surface area contributed by atoms with Gasteiger partial charge in [-0.3, -0.25) is 15.5 Å². The summed E-state index contributed by atoms with van der Waals surface area (Å²) in [6.07, 6.45) is 3.54. The molecule has 2 rings (SSSR count). The monoisotopic (exact) mass is 217 g/mol. The number of rotatable bonds is 3. The van der Waals surface area contributed by atoms with E-state index in [1.165, 1.54) is 0 Å². The molecule has 3 N–H and O–H groups in total. The Bertz CT molecular complexity index is 462. The smallest absolute Gasteiger partial charge is 0.0893 e. The molecule has 0 aliphatic rings. The summed E-state index contributed by atoms with van der Waals surface area (Å²) in [5, 5.41) is 4.31. The molecule has 1 atom stereocenters. The third kappa shape index (κ3) is 1.95. The molecular weight excluding hydrogens is 202 g/mol. The van der Waals surface area contributed by atoms with Crippen molar-refractivity contribution in [3.05, 3.63) is 47.5 Å². The summed E-state index contributed by atoms with van der Waals surface area (Å²) < 4.78 is 1.83. The average molecular weight is 217 g/mol. The highest BCUT2D eigenvalue weighted by atomic mass is 15.3. The van der Waals surface area contributed by atoms with Crippen molar-refractivity contribution in [1.82, 2.24) is 20.2 Å². The average Bonchev–Trinajstić information content (AvgIpc) is 2.61. The second kappa shape index (κ2) is 4.42. The molecule has 0 amide bonds. The molecule has 84 valence electrons. The number of nitrogens with one attached hydrogen (secondary N) is 1. The summed E-state index contributed by atoms with van der Waals surface area (Å²) in [6.45, 7) is 1.96. The predicted molar refractivity (Wildman–Crippen MR) is 61.3 cm³/mol. The van der Waals surface area contributed by atoms with Crippen LogP contribution >= 0.6 is 0 Å². The number of nitrogens with two attached hydrogens (primary N) is 1. The van der Waals surface area contributed by atoms with E-state index < -0.39 is 0 Å². The Morgan fingerprint density at radius 3 is 2.81 bits per heavy atom. The number of hydrogen-bond donors (Lipinski definition) is 2. The summed E-state index contributed by atoms with van der Waals surface area (Å²) in [6, 6.07) is 5.81. The van der Waals surface area contributed by atoms with Crippen molar-refractivity contribution < 1.29 is 0 Å². The maximum atomic E-state index is 5.60. The van der Waals surface area contributed by atoms with Crippen molar-refractivity contribution in [2.24, 2.45) is 12.9 Å². The van der Waals surface area contributed by atoms with Crippen LogP contribution in [-0.2, 0) is 7.05 Å². The lowest BCUT2D eigenvalue weighted by molar-refractivity contribution is 0.573. The Kier molecular flexibility index (Phi) is 2.98. The van der Waals surface area contributed by atoms with Crippen LogP contribution < -0.4 is 11.3 Å². The lowest BCUT2D eigenvalue weighted by Crippen LogP contribution is -2.30. The summed E-state index contributed by atoms with van der Waals surface area (Å²) in [5.41, 5.74) is 5.80. The van der Waals surface area contributed by atoms with Crippen molar-refractivity contribution in [1.29, 1.82) is 0 Å². The van der Waals surface area contributed by atoms with Gasteiger partial charge >= 0.3 is 0 Å². The molecule has 2 heterocycles. The van der Waals surface area contributed by atoms with Gasteiger partial charge in [-0.2, -0.15) is 5.10 Å². The minimum atomic E-state index is -0.0834. The van der Waals surface area contributed by atoms with Crippen LogP contribution in [0, 0.1) is 6.92 Å². The first-order valence-electron chi connectivity index (χ1n) is 5.09. The van der Waals surface area contributed by atoms with E-state index in [1.807, 2.05) is 36.9 Å². The zero-order chi connectivity index (χ0) is 11.5. The van der Waals surface area contributed by atoms with Gasteiger partial charge in [0.05, 0.1) is 17.4 Å². The third-order valence-electron chi connectivity index (χ3n) is 2.52. The van der Waals surface area contributed by atoms with E-state index in [9.17, 15) is 0 Å². The molecule has 0 fully saturated rings. The summed E-state index contributed by atoms with van der Waals surface area (Å²) in [7, 11) is 1.91. The van der Waals surface area contributed by atoms with Crippen molar-refractivity contribution in [2.45, 2.75) is 13.0 Å². The van der Waals surface area contributed by atoms with Crippen LogP contribution in [0.5, 0.6) is 0 Å². The van der Waals surface area contributed by atoms with E-state index in [1.54, 1.807) is 12.4 Å². The fourth-order valence-electron chi connectivity index (χ4n) is 1.80. The summed E-state index contributed by atoms with van der Waals surface area (Å²) in [5.74, 6) is 5.60. The Balaban J connectivity index is 2.40. The zero-order valence-corrected chi connectivity index (χ0v) is 9.38. The highest BCUT2D eigenvalue weighted by Gasteiger charge is 2.16. The number of hydrogen-bond acceptors (Lipinski definition) is 4. The highest BCUT2D eigenvalue weighted by molar-refractivity contribution is 5.26. The number of aryl methyl sites for hydroxylation is 2. The van der Waals surface area contributed by atoms with Gasteiger partial charge in [-0.25, -0.2) is 5.43 Å². The molecule has 2 aromatic rings. The minimum Gasteiger partial charge on any atom is -0.271 e. The molecule has 0 aromatic carbocycles. The summed E-state index contributed by atoms with van der Waals surface area (Å²) in [4.78, 5) is 4.09. The van der Waals surface area contributed by atoms with Crippen molar-refractivity contribution in [2.75, 3.05) is 0 Å². The Morgan fingerprint density at radius 2 is 2.31 bits per heavy atom. The second-order valence-electron chi connectivity index (χ2n) is 3.72. The van der Waals surface area contributed by atoms with Gasteiger partial charge < -0.3 is 0 Å². The zero-order valence-electron chi connectivity index (χ0n) is 9.38. The predicted octanol–water partition coefficient (Wildman–Crippen LogP) is 0.676. The van der Waals surface area contributed by atoms with Gasteiger partial charge in [0.2, 0.25) is 0 Å². The van der Waals surface area contributed by atoms with E-state index >= 15 is 0 Å². The molecule has 0 bridgehead atoms. The topological polar surface area (TPSA) is 68.8 Å².